The summed E-state index contributed by atoms with van der Waals surface area (Å²) in [5.74, 6) is -0.907. The second-order valence-corrected chi connectivity index (χ2v) is 4.35. The minimum absolute atomic E-state index is 0.177. The number of ether oxygens (including phenoxy) is 1. The summed E-state index contributed by atoms with van der Waals surface area (Å²) in [7, 11) is 0. The second-order valence-electron chi connectivity index (χ2n) is 4.35. The third-order valence-corrected chi connectivity index (χ3v) is 3.12. The van der Waals surface area contributed by atoms with Crippen LogP contribution in [-0.4, -0.2) is 53.4 Å². The van der Waals surface area contributed by atoms with Crippen LogP contribution in [0.4, 0.5) is 0 Å². The van der Waals surface area contributed by atoms with E-state index in [1.54, 1.807) is 4.90 Å². The van der Waals surface area contributed by atoms with Gasteiger partial charge in [-0.3, -0.25) is 9.69 Å². The summed E-state index contributed by atoms with van der Waals surface area (Å²) in [4.78, 5) is 12.8. The number of nitrogens with zero attached hydrogens (tertiary/aromatic N) is 1. The van der Waals surface area contributed by atoms with E-state index in [4.69, 9.17) is 9.84 Å². The highest BCUT2D eigenvalue weighted by Crippen LogP contribution is 2.17. The normalized spacial score (nSPS) is 22.6. The number of carbonyl (C=O) groups is 1. The molecule has 0 spiro atoms. The topological polar surface area (TPSA) is 70.0 Å². The average Bonchev–Trinajstić information content (AvgIpc) is 2.40. The van der Waals surface area contributed by atoms with Crippen molar-refractivity contribution in [1.29, 1.82) is 0 Å². The lowest BCUT2D eigenvalue weighted by Gasteiger charge is -2.34. The van der Waals surface area contributed by atoms with Crippen LogP contribution in [0, 0.1) is 0 Å². The molecule has 1 saturated heterocycles. The molecule has 2 rings (SSSR count). The molecule has 5 heteroatoms. The number of carboxylic acid groups (broad SMARTS) is 1. The number of benzene rings is 1. The van der Waals surface area contributed by atoms with Gasteiger partial charge in [-0.25, -0.2) is 0 Å². The van der Waals surface area contributed by atoms with Crippen molar-refractivity contribution in [3.05, 3.63) is 35.9 Å². The van der Waals surface area contributed by atoms with E-state index in [1.165, 1.54) is 0 Å². The molecule has 1 fully saturated rings. The fourth-order valence-corrected chi connectivity index (χ4v) is 2.09. The van der Waals surface area contributed by atoms with Gasteiger partial charge in [-0.15, -0.1) is 0 Å². The summed E-state index contributed by atoms with van der Waals surface area (Å²) in [6, 6.07) is 8.59. The van der Waals surface area contributed by atoms with Gasteiger partial charge >= 0.3 is 5.97 Å². The minimum Gasteiger partial charge on any atom is -0.480 e. The van der Waals surface area contributed by atoms with Crippen LogP contribution in [0.25, 0.3) is 0 Å². The highest BCUT2D eigenvalue weighted by Gasteiger charge is 2.30. The Labute approximate surface area is 106 Å². The number of morpholine rings is 1. The van der Waals surface area contributed by atoms with Crippen LogP contribution in [0.1, 0.15) is 11.7 Å². The largest absolute Gasteiger partial charge is 0.480 e. The lowest BCUT2D eigenvalue weighted by Crippen LogP contribution is -2.51. The molecule has 2 N–H and O–H groups in total. The summed E-state index contributed by atoms with van der Waals surface area (Å²) in [6.07, 6.45) is -0.675. The molecule has 0 bridgehead atoms. The van der Waals surface area contributed by atoms with Crippen molar-refractivity contribution in [3.63, 3.8) is 0 Å². The van der Waals surface area contributed by atoms with Gasteiger partial charge in [0.15, 0.2) is 0 Å². The molecule has 1 aliphatic rings. The minimum atomic E-state index is -0.907. The standard InChI is InChI=1S/C13H17NO4/c15-12(10-4-2-1-3-5-10)8-14-6-7-18-9-11(14)13(16)17/h1-5,11-12,15H,6-9H2,(H,16,17). The first kappa shape index (κ1) is 13.0. The highest BCUT2D eigenvalue weighted by atomic mass is 16.5. The van der Waals surface area contributed by atoms with Crippen molar-refractivity contribution < 1.29 is 19.7 Å². The predicted molar refractivity (Wildman–Crippen MR) is 65.2 cm³/mol. The first-order valence-electron chi connectivity index (χ1n) is 5.96. The number of hydrogen-bond donors (Lipinski definition) is 2. The number of hydrogen-bond acceptors (Lipinski definition) is 4. The van der Waals surface area contributed by atoms with E-state index in [2.05, 4.69) is 0 Å². The Morgan fingerprint density at radius 3 is 2.83 bits per heavy atom. The average molecular weight is 251 g/mol. The molecule has 0 radical (unpaired) electrons. The molecule has 2 unspecified atom stereocenters. The number of rotatable bonds is 4. The van der Waals surface area contributed by atoms with Crippen LogP contribution in [0.3, 0.4) is 0 Å². The van der Waals surface area contributed by atoms with E-state index >= 15 is 0 Å². The van der Waals surface area contributed by atoms with E-state index in [9.17, 15) is 9.90 Å². The van der Waals surface area contributed by atoms with Crippen LogP contribution in [0.5, 0.6) is 0 Å². The lowest BCUT2D eigenvalue weighted by atomic mass is 10.1. The molecule has 5 nitrogen and oxygen atoms in total. The molecule has 18 heavy (non-hydrogen) atoms. The lowest BCUT2D eigenvalue weighted by molar-refractivity contribution is -0.150. The maximum Gasteiger partial charge on any atom is 0.323 e. The zero-order chi connectivity index (χ0) is 13.0. The number of carboxylic acids is 1. The van der Waals surface area contributed by atoms with Gasteiger partial charge in [0.25, 0.3) is 0 Å². The monoisotopic (exact) mass is 251 g/mol. The van der Waals surface area contributed by atoms with Crippen molar-refractivity contribution >= 4 is 5.97 Å². The van der Waals surface area contributed by atoms with Crippen LogP contribution >= 0.6 is 0 Å². The van der Waals surface area contributed by atoms with Gasteiger partial charge in [0, 0.05) is 13.1 Å². The Bertz CT molecular complexity index is 395. The Morgan fingerprint density at radius 2 is 2.17 bits per heavy atom. The summed E-state index contributed by atoms with van der Waals surface area (Å²) in [5, 5.41) is 19.2. The predicted octanol–water partition coefficient (Wildman–Crippen LogP) is 0.505. The first-order chi connectivity index (χ1) is 8.68. The van der Waals surface area contributed by atoms with E-state index < -0.39 is 18.1 Å². The fourth-order valence-electron chi connectivity index (χ4n) is 2.09. The number of aliphatic hydroxyl groups excluding tert-OH is 1. The van der Waals surface area contributed by atoms with Gasteiger partial charge in [0.1, 0.15) is 6.04 Å². The molecule has 0 aliphatic carbocycles. The van der Waals surface area contributed by atoms with Crippen molar-refractivity contribution in [3.8, 4) is 0 Å². The number of β-amino-alcohol motifs (C(OH)–C–C–N with tert-alkyl or cyclic N) is 1. The highest BCUT2D eigenvalue weighted by molar-refractivity contribution is 5.73. The third kappa shape index (κ3) is 3.07. The molecular formula is C13H17NO4. The molecule has 1 heterocycles. The van der Waals surface area contributed by atoms with Gasteiger partial charge in [-0.1, -0.05) is 30.3 Å². The zero-order valence-corrected chi connectivity index (χ0v) is 10.0. The molecule has 0 saturated carbocycles. The van der Waals surface area contributed by atoms with Crippen LogP contribution < -0.4 is 0 Å². The van der Waals surface area contributed by atoms with E-state index in [0.717, 1.165) is 5.56 Å². The molecule has 0 aromatic heterocycles. The molecular weight excluding hydrogens is 234 g/mol. The molecule has 0 amide bonds. The van der Waals surface area contributed by atoms with E-state index in [0.29, 0.717) is 19.7 Å². The van der Waals surface area contributed by atoms with Crippen molar-refractivity contribution in [1.82, 2.24) is 4.90 Å². The van der Waals surface area contributed by atoms with Crippen molar-refractivity contribution in [2.75, 3.05) is 26.3 Å². The van der Waals surface area contributed by atoms with Crippen LogP contribution in [0.2, 0.25) is 0 Å². The second kappa shape index (κ2) is 5.95. The van der Waals surface area contributed by atoms with Gasteiger partial charge in [0.05, 0.1) is 19.3 Å². The summed E-state index contributed by atoms with van der Waals surface area (Å²) in [6.45, 7) is 1.52. The molecule has 1 aromatic rings. The summed E-state index contributed by atoms with van der Waals surface area (Å²) < 4.78 is 5.16. The Hall–Kier alpha value is -1.43. The quantitative estimate of drug-likeness (QED) is 0.815. The van der Waals surface area contributed by atoms with Gasteiger partial charge < -0.3 is 14.9 Å². The number of aliphatic hydroxyl groups is 1. The third-order valence-electron chi connectivity index (χ3n) is 3.12. The molecule has 98 valence electrons. The Morgan fingerprint density at radius 1 is 1.44 bits per heavy atom. The Kier molecular flexibility index (Phi) is 4.30. The maximum absolute atomic E-state index is 11.1. The SMILES string of the molecule is O=C(O)C1COCCN1CC(O)c1ccccc1. The summed E-state index contributed by atoms with van der Waals surface area (Å²) in [5.41, 5.74) is 0.799. The Balaban J connectivity index is 2.01. The number of aliphatic carboxylic acids is 1. The molecule has 1 aliphatic heterocycles. The smallest absolute Gasteiger partial charge is 0.323 e. The molecule has 1 aromatic carbocycles. The first-order valence-corrected chi connectivity index (χ1v) is 5.96. The summed E-state index contributed by atoms with van der Waals surface area (Å²) >= 11 is 0. The van der Waals surface area contributed by atoms with E-state index in [1.807, 2.05) is 30.3 Å². The zero-order valence-electron chi connectivity index (χ0n) is 10.0. The van der Waals surface area contributed by atoms with Gasteiger partial charge in [-0.2, -0.15) is 0 Å². The van der Waals surface area contributed by atoms with Crippen molar-refractivity contribution in [2.45, 2.75) is 12.1 Å². The molecule has 2 atom stereocenters. The fraction of sp³-hybridized carbons (Fsp3) is 0.462. The van der Waals surface area contributed by atoms with Crippen LogP contribution in [0.15, 0.2) is 30.3 Å². The maximum atomic E-state index is 11.1. The van der Waals surface area contributed by atoms with Crippen molar-refractivity contribution in [2.24, 2.45) is 0 Å². The van der Waals surface area contributed by atoms with Gasteiger partial charge in [0.2, 0.25) is 0 Å². The van der Waals surface area contributed by atoms with Gasteiger partial charge in [-0.05, 0) is 5.56 Å². The van der Waals surface area contributed by atoms with Crippen LogP contribution in [-0.2, 0) is 9.53 Å². The van der Waals surface area contributed by atoms with E-state index in [-0.39, 0.29) is 6.61 Å².